The standard InChI is InChI=1S/C20H27N5O2/c1-6-13(2)23(4)12-11-17(26)25-16-10-8-7-9-15(16)21-20(27)19-18(25)14(3)22-24(19)5/h7-10,13H,6,11-12H2,1-5H3,(H,21,27). The van der Waals surface area contributed by atoms with E-state index in [4.69, 9.17) is 0 Å². The number of nitrogens with zero attached hydrogens (tertiary/aromatic N) is 4. The molecule has 1 aromatic carbocycles. The van der Waals surface area contributed by atoms with Crippen LogP contribution in [0.25, 0.3) is 0 Å². The van der Waals surface area contributed by atoms with Gasteiger partial charge in [0.25, 0.3) is 5.91 Å². The molecule has 0 spiro atoms. The Labute approximate surface area is 159 Å². The molecular formula is C20H27N5O2. The van der Waals surface area contributed by atoms with Gasteiger partial charge < -0.3 is 10.2 Å². The molecule has 0 saturated heterocycles. The molecule has 2 aromatic rings. The monoisotopic (exact) mass is 369 g/mol. The fourth-order valence-corrected chi connectivity index (χ4v) is 3.42. The third-order valence-corrected chi connectivity index (χ3v) is 5.29. The Morgan fingerprint density at radius 3 is 2.74 bits per heavy atom. The molecule has 1 aromatic heterocycles. The average molecular weight is 369 g/mol. The summed E-state index contributed by atoms with van der Waals surface area (Å²) in [6, 6.07) is 7.79. The van der Waals surface area contributed by atoms with Gasteiger partial charge in [0.1, 0.15) is 5.69 Å². The van der Waals surface area contributed by atoms with Crippen molar-refractivity contribution in [1.29, 1.82) is 0 Å². The van der Waals surface area contributed by atoms with Crippen molar-refractivity contribution in [3.8, 4) is 0 Å². The number of aromatic nitrogens is 2. The summed E-state index contributed by atoms with van der Waals surface area (Å²) in [4.78, 5) is 29.9. The highest BCUT2D eigenvalue weighted by Crippen LogP contribution is 2.39. The molecule has 0 fully saturated rings. The first-order chi connectivity index (χ1) is 12.8. The number of aryl methyl sites for hydroxylation is 2. The van der Waals surface area contributed by atoms with E-state index in [1.165, 1.54) is 4.68 Å². The van der Waals surface area contributed by atoms with E-state index in [9.17, 15) is 9.59 Å². The van der Waals surface area contributed by atoms with Crippen molar-refractivity contribution >= 4 is 28.9 Å². The van der Waals surface area contributed by atoms with Crippen LogP contribution in [0, 0.1) is 6.92 Å². The van der Waals surface area contributed by atoms with Crippen LogP contribution >= 0.6 is 0 Å². The molecule has 1 unspecified atom stereocenters. The van der Waals surface area contributed by atoms with Crippen LogP contribution in [0.4, 0.5) is 17.1 Å². The largest absolute Gasteiger partial charge is 0.319 e. The number of fused-ring (bicyclic) bond motifs is 2. The van der Waals surface area contributed by atoms with E-state index < -0.39 is 0 Å². The number of hydrogen-bond donors (Lipinski definition) is 1. The minimum atomic E-state index is -0.257. The Bertz CT molecular complexity index is 873. The van der Waals surface area contributed by atoms with Crippen LogP contribution < -0.4 is 10.2 Å². The lowest BCUT2D eigenvalue weighted by Crippen LogP contribution is -2.34. The molecule has 0 bridgehead atoms. The van der Waals surface area contributed by atoms with Gasteiger partial charge in [-0.2, -0.15) is 5.10 Å². The molecule has 0 saturated carbocycles. The van der Waals surface area contributed by atoms with Crippen LogP contribution in [0.1, 0.15) is 42.9 Å². The van der Waals surface area contributed by atoms with E-state index in [2.05, 4.69) is 29.2 Å². The Kier molecular flexibility index (Phi) is 5.32. The number of nitrogens with one attached hydrogen (secondary N) is 1. The minimum Gasteiger partial charge on any atom is -0.319 e. The van der Waals surface area contributed by atoms with Crippen LogP contribution in [0.2, 0.25) is 0 Å². The fraction of sp³-hybridized carbons (Fsp3) is 0.450. The highest BCUT2D eigenvalue weighted by molar-refractivity contribution is 6.17. The van der Waals surface area contributed by atoms with Gasteiger partial charge in [-0.3, -0.25) is 19.2 Å². The van der Waals surface area contributed by atoms with Crippen LogP contribution in [-0.4, -0.2) is 46.1 Å². The predicted octanol–water partition coefficient (Wildman–Crippen LogP) is 3.08. The molecule has 2 heterocycles. The van der Waals surface area contributed by atoms with Gasteiger partial charge in [0, 0.05) is 26.1 Å². The number of rotatable bonds is 5. The van der Waals surface area contributed by atoms with Gasteiger partial charge in [0.2, 0.25) is 5.91 Å². The van der Waals surface area contributed by atoms with Gasteiger partial charge in [0.15, 0.2) is 5.69 Å². The SMILES string of the molecule is CCC(C)N(C)CCC(=O)N1c2ccccc2NC(=O)c2c1c(C)nn2C. The molecule has 1 aliphatic heterocycles. The van der Waals surface area contributed by atoms with Crippen LogP contribution in [0.15, 0.2) is 24.3 Å². The third-order valence-electron chi connectivity index (χ3n) is 5.29. The van der Waals surface area contributed by atoms with Crippen molar-refractivity contribution in [2.45, 2.75) is 39.7 Å². The zero-order valence-electron chi connectivity index (χ0n) is 16.6. The van der Waals surface area contributed by atoms with Crippen LogP contribution in [0.3, 0.4) is 0 Å². The molecule has 144 valence electrons. The highest BCUT2D eigenvalue weighted by Gasteiger charge is 2.34. The Balaban J connectivity index is 2.02. The average Bonchev–Trinajstić information content (AvgIpc) is 2.86. The maximum atomic E-state index is 13.3. The third kappa shape index (κ3) is 3.47. The van der Waals surface area contributed by atoms with E-state index in [1.807, 2.05) is 38.2 Å². The second-order valence-electron chi connectivity index (χ2n) is 7.09. The zero-order valence-corrected chi connectivity index (χ0v) is 16.6. The molecule has 7 nitrogen and oxygen atoms in total. The highest BCUT2D eigenvalue weighted by atomic mass is 16.2. The first-order valence-corrected chi connectivity index (χ1v) is 9.32. The summed E-state index contributed by atoms with van der Waals surface area (Å²) in [5.74, 6) is -0.306. The van der Waals surface area contributed by atoms with Crippen molar-refractivity contribution in [3.63, 3.8) is 0 Å². The number of para-hydroxylation sites is 2. The lowest BCUT2D eigenvalue weighted by Gasteiger charge is -2.26. The molecule has 7 heteroatoms. The number of benzene rings is 1. The van der Waals surface area contributed by atoms with E-state index in [-0.39, 0.29) is 11.8 Å². The molecule has 0 aliphatic carbocycles. The van der Waals surface area contributed by atoms with Crippen molar-refractivity contribution in [2.24, 2.45) is 7.05 Å². The number of carbonyl (C=O) groups excluding carboxylic acids is 2. The van der Waals surface area contributed by atoms with E-state index in [0.717, 1.165) is 6.42 Å². The van der Waals surface area contributed by atoms with E-state index in [1.54, 1.807) is 11.9 Å². The molecule has 1 atom stereocenters. The maximum absolute atomic E-state index is 13.3. The minimum absolute atomic E-state index is 0.0496. The zero-order chi connectivity index (χ0) is 19.7. The fourth-order valence-electron chi connectivity index (χ4n) is 3.42. The quantitative estimate of drug-likeness (QED) is 0.879. The molecular weight excluding hydrogens is 342 g/mol. The number of amides is 2. The molecule has 0 radical (unpaired) electrons. The van der Waals surface area contributed by atoms with Gasteiger partial charge >= 0.3 is 0 Å². The summed E-state index contributed by atoms with van der Waals surface area (Å²) in [6.07, 6.45) is 1.39. The first kappa shape index (κ1) is 19.1. The lowest BCUT2D eigenvalue weighted by atomic mass is 10.1. The first-order valence-electron chi connectivity index (χ1n) is 9.32. The number of hydrogen-bond acceptors (Lipinski definition) is 4. The van der Waals surface area contributed by atoms with E-state index in [0.29, 0.717) is 47.5 Å². The van der Waals surface area contributed by atoms with Crippen LogP contribution in [-0.2, 0) is 11.8 Å². The van der Waals surface area contributed by atoms with Gasteiger partial charge in [-0.25, -0.2) is 0 Å². The lowest BCUT2D eigenvalue weighted by molar-refractivity contribution is -0.118. The van der Waals surface area contributed by atoms with Gasteiger partial charge in [-0.1, -0.05) is 19.1 Å². The van der Waals surface area contributed by atoms with Crippen molar-refractivity contribution in [2.75, 3.05) is 23.8 Å². The molecule has 1 N–H and O–H groups in total. The van der Waals surface area contributed by atoms with Gasteiger partial charge in [0.05, 0.1) is 17.1 Å². The molecule has 3 rings (SSSR count). The van der Waals surface area contributed by atoms with Crippen LogP contribution in [0.5, 0.6) is 0 Å². The van der Waals surface area contributed by atoms with Gasteiger partial charge in [-0.15, -0.1) is 0 Å². The summed E-state index contributed by atoms with van der Waals surface area (Å²) in [5, 5.41) is 7.28. The topological polar surface area (TPSA) is 70.5 Å². The maximum Gasteiger partial charge on any atom is 0.276 e. The number of anilines is 3. The molecule has 27 heavy (non-hydrogen) atoms. The summed E-state index contributed by atoms with van der Waals surface area (Å²) in [6.45, 7) is 6.77. The Hall–Kier alpha value is -2.67. The van der Waals surface area contributed by atoms with Gasteiger partial charge in [-0.05, 0) is 39.4 Å². The summed E-state index contributed by atoms with van der Waals surface area (Å²) in [7, 11) is 3.75. The Morgan fingerprint density at radius 1 is 1.33 bits per heavy atom. The number of carbonyl (C=O) groups is 2. The van der Waals surface area contributed by atoms with Crippen molar-refractivity contribution in [3.05, 3.63) is 35.7 Å². The summed E-state index contributed by atoms with van der Waals surface area (Å²) in [5.41, 5.74) is 2.92. The van der Waals surface area contributed by atoms with Crippen molar-refractivity contribution in [1.82, 2.24) is 14.7 Å². The summed E-state index contributed by atoms with van der Waals surface area (Å²) < 4.78 is 1.54. The smallest absolute Gasteiger partial charge is 0.276 e. The second kappa shape index (κ2) is 7.52. The summed E-state index contributed by atoms with van der Waals surface area (Å²) >= 11 is 0. The molecule has 1 aliphatic rings. The Morgan fingerprint density at radius 2 is 2.04 bits per heavy atom. The van der Waals surface area contributed by atoms with Crippen molar-refractivity contribution < 1.29 is 9.59 Å². The molecule has 2 amide bonds. The van der Waals surface area contributed by atoms with E-state index >= 15 is 0 Å². The predicted molar refractivity (Wildman–Crippen MR) is 106 cm³/mol. The normalized spacial score (nSPS) is 14.4. The second-order valence-corrected chi connectivity index (χ2v) is 7.09.